The van der Waals surface area contributed by atoms with Crippen LogP contribution in [0.25, 0.3) is 0 Å². The number of hydrogen-bond donors (Lipinski definition) is 0. The first-order chi connectivity index (χ1) is 12.5. The number of aryl methyl sites for hydroxylation is 1. The van der Waals surface area contributed by atoms with Crippen LogP contribution in [0.15, 0.2) is 17.0 Å². The number of anilines is 2. The third-order valence-corrected chi connectivity index (χ3v) is 5.80. The Kier molecular flexibility index (Phi) is 4.52. The second-order valence-corrected chi connectivity index (χ2v) is 8.06. The topological polar surface area (TPSA) is 65.5 Å². The van der Waals surface area contributed by atoms with Crippen molar-refractivity contribution < 1.29 is 4.79 Å². The second kappa shape index (κ2) is 6.83. The number of nitrogens with zero attached hydrogens (tertiary/aromatic N) is 6. The van der Waals surface area contributed by atoms with E-state index in [2.05, 4.69) is 14.9 Å². The summed E-state index contributed by atoms with van der Waals surface area (Å²) in [6.45, 7) is 4.15. The van der Waals surface area contributed by atoms with Crippen molar-refractivity contribution in [2.75, 3.05) is 37.0 Å². The highest BCUT2D eigenvalue weighted by atomic mass is 32.1. The number of aromatic nitrogens is 3. The molecule has 0 saturated carbocycles. The maximum atomic E-state index is 13.0. The van der Waals surface area contributed by atoms with Gasteiger partial charge in [0.25, 0.3) is 0 Å². The molecule has 1 amide bonds. The summed E-state index contributed by atoms with van der Waals surface area (Å²) in [5.74, 6) is 1.92. The summed E-state index contributed by atoms with van der Waals surface area (Å²) in [5, 5.41) is 2.03. The normalized spacial score (nSPS) is 22.7. The fraction of sp³-hybridized carbons (Fsp3) is 0.556. The average Bonchev–Trinajstić information content (AvgIpc) is 2.97. The van der Waals surface area contributed by atoms with Crippen molar-refractivity contribution in [1.29, 1.82) is 0 Å². The van der Waals surface area contributed by atoms with E-state index in [9.17, 15) is 4.79 Å². The zero-order chi connectivity index (χ0) is 18.3. The molecule has 8 heteroatoms. The van der Waals surface area contributed by atoms with Gasteiger partial charge in [-0.25, -0.2) is 9.97 Å². The molecular formula is C18H24N6OS. The summed E-state index contributed by atoms with van der Waals surface area (Å²) in [5.41, 5.74) is 3.76. The Hall–Kier alpha value is -2.22. The van der Waals surface area contributed by atoms with Crippen LogP contribution < -0.4 is 9.80 Å². The number of amides is 1. The molecule has 0 unspecified atom stereocenters. The van der Waals surface area contributed by atoms with Gasteiger partial charge in [-0.15, -0.1) is 11.3 Å². The van der Waals surface area contributed by atoms with E-state index in [0.29, 0.717) is 12.5 Å². The van der Waals surface area contributed by atoms with Crippen molar-refractivity contribution in [1.82, 2.24) is 19.9 Å². The van der Waals surface area contributed by atoms with Crippen molar-refractivity contribution in [3.05, 3.63) is 28.3 Å². The lowest BCUT2D eigenvalue weighted by molar-refractivity contribution is -0.140. The smallest absolute Gasteiger partial charge is 0.228 e. The van der Waals surface area contributed by atoms with Gasteiger partial charge >= 0.3 is 0 Å². The van der Waals surface area contributed by atoms with E-state index in [4.69, 9.17) is 4.98 Å². The van der Waals surface area contributed by atoms with Gasteiger partial charge < -0.3 is 14.7 Å². The SMILES string of the molecule is Cc1cc(N2C[C@@H]3CC[C@H](C2)N(Cc2cscn2)C3=O)nc(N(C)C)n1. The van der Waals surface area contributed by atoms with Crippen LogP contribution >= 0.6 is 11.3 Å². The van der Waals surface area contributed by atoms with Crippen molar-refractivity contribution in [3.8, 4) is 0 Å². The van der Waals surface area contributed by atoms with Crippen molar-refractivity contribution in [2.24, 2.45) is 5.92 Å². The minimum absolute atomic E-state index is 0.0328. The molecule has 0 N–H and O–H groups in total. The summed E-state index contributed by atoms with van der Waals surface area (Å²) >= 11 is 1.58. The fourth-order valence-corrected chi connectivity index (χ4v) is 4.37. The number of carbonyl (C=O) groups is 1. The molecule has 5 heterocycles. The van der Waals surface area contributed by atoms with Gasteiger partial charge in [0.1, 0.15) is 5.82 Å². The maximum Gasteiger partial charge on any atom is 0.228 e. The van der Waals surface area contributed by atoms with E-state index in [-0.39, 0.29) is 17.9 Å². The lowest BCUT2D eigenvalue weighted by Gasteiger charge is -2.35. The van der Waals surface area contributed by atoms with Crippen LogP contribution in [0.5, 0.6) is 0 Å². The zero-order valence-electron chi connectivity index (χ0n) is 15.4. The first kappa shape index (κ1) is 17.2. The Morgan fingerprint density at radius 1 is 1.27 bits per heavy atom. The van der Waals surface area contributed by atoms with Gasteiger partial charge in [0.05, 0.1) is 23.7 Å². The third kappa shape index (κ3) is 3.25. The Labute approximate surface area is 157 Å². The largest absolute Gasteiger partial charge is 0.354 e. The molecule has 0 radical (unpaired) electrons. The van der Waals surface area contributed by atoms with Crippen molar-refractivity contribution in [3.63, 3.8) is 0 Å². The average molecular weight is 372 g/mol. The van der Waals surface area contributed by atoms with Gasteiger partial charge in [-0.2, -0.15) is 4.98 Å². The van der Waals surface area contributed by atoms with Gasteiger partial charge in [0.2, 0.25) is 11.9 Å². The molecule has 2 atom stereocenters. The van der Waals surface area contributed by atoms with E-state index in [1.165, 1.54) is 0 Å². The summed E-state index contributed by atoms with van der Waals surface area (Å²) in [4.78, 5) is 32.8. The summed E-state index contributed by atoms with van der Waals surface area (Å²) < 4.78 is 0. The second-order valence-electron chi connectivity index (χ2n) is 7.34. The third-order valence-electron chi connectivity index (χ3n) is 5.16. The van der Waals surface area contributed by atoms with E-state index in [1.807, 2.05) is 47.8 Å². The fourth-order valence-electron chi connectivity index (χ4n) is 3.82. The minimum Gasteiger partial charge on any atom is -0.354 e. The molecule has 5 rings (SSSR count). The number of fused-ring (bicyclic) bond motifs is 4. The molecule has 0 aromatic carbocycles. The predicted octanol–water partition coefficient (Wildman–Crippen LogP) is 1.93. The van der Waals surface area contributed by atoms with E-state index in [0.717, 1.165) is 43.1 Å². The summed E-state index contributed by atoms with van der Waals surface area (Å²) in [6.07, 6.45) is 2.00. The highest BCUT2D eigenvalue weighted by Crippen LogP contribution is 2.32. The lowest BCUT2D eigenvalue weighted by Crippen LogP contribution is -2.47. The lowest BCUT2D eigenvalue weighted by atomic mass is 9.94. The van der Waals surface area contributed by atoms with Crippen LogP contribution in [-0.4, -0.2) is 59.0 Å². The Morgan fingerprint density at radius 3 is 2.85 bits per heavy atom. The highest BCUT2D eigenvalue weighted by Gasteiger charge is 2.41. The highest BCUT2D eigenvalue weighted by molar-refractivity contribution is 7.07. The molecule has 138 valence electrons. The monoisotopic (exact) mass is 372 g/mol. The van der Waals surface area contributed by atoms with Crippen molar-refractivity contribution >= 4 is 29.0 Å². The van der Waals surface area contributed by atoms with E-state index >= 15 is 0 Å². The van der Waals surface area contributed by atoms with Crippen LogP contribution in [0.3, 0.4) is 0 Å². The summed E-state index contributed by atoms with van der Waals surface area (Å²) in [6, 6.07) is 2.23. The molecule has 2 aromatic rings. The summed E-state index contributed by atoms with van der Waals surface area (Å²) in [7, 11) is 3.90. The van der Waals surface area contributed by atoms with Crippen LogP contribution in [0.1, 0.15) is 24.2 Å². The predicted molar refractivity (Wildman–Crippen MR) is 102 cm³/mol. The Morgan fingerprint density at radius 2 is 2.12 bits per heavy atom. The van der Waals surface area contributed by atoms with Gasteiger partial charge in [-0.3, -0.25) is 4.79 Å². The maximum absolute atomic E-state index is 13.0. The Balaban J connectivity index is 1.61. The molecule has 0 spiro atoms. The van der Waals surface area contributed by atoms with Crippen LogP contribution in [0.4, 0.5) is 11.8 Å². The molecular weight excluding hydrogens is 348 g/mol. The molecule has 0 aliphatic carbocycles. The number of carbonyl (C=O) groups excluding carboxylic acids is 1. The van der Waals surface area contributed by atoms with Gasteiger partial charge in [-0.05, 0) is 19.8 Å². The number of rotatable bonds is 4. The van der Waals surface area contributed by atoms with Crippen LogP contribution in [0.2, 0.25) is 0 Å². The quantitative estimate of drug-likeness (QED) is 0.817. The standard InChI is InChI=1S/C18H24N6OS/c1-12-6-16(21-18(20-12)22(2)3)23-7-13-4-5-15(9-23)24(17(13)25)8-14-10-26-11-19-14/h6,10-11,13,15H,4-5,7-9H2,1-3H3/t13-,15+/m0/s1. The van der Waals surface area contributed by atoms with Gasteiger partial charge in [0, 0.05) is 50.4 Å². The molecule has 3 aliphatic rings. The first-order valence-electron chi connectivity index (χ1n) is 8.97. The molecule has 3 fully saturated rings. The molecule has 7 nitrogen and oxygen atoms in total. The first-order valence-corrected chi connectivity index (χ1v) is 9.91. The van der Waals surface area contributed by atoms with Crippen LogP contribution in [-0.2, 0) is 11.3 Å². The molecule has 3 aliphatic heterocycles. The van der Waals surface area contributed by atoms with Crippen molar-refractivity contribution in [2.45, 2.75) is 32.4 Å². The molecule has 26 heavy (non-hydrogen) atoms. The molecule has 2 bridgehead atoms. The minimum atomic E-state index is 0.0328. The number of piperidine rings is 1. The molecule has 3 saturated heterocycles. The number of thiazole rings is 1. The van der Waals surface area contributed by atoms with Gasteiger partial charge in [-0.1, -0.05) is 0 Å². The van der Waals surface area contributed by atoms with E-state index < -0.39 is 0 Å². The Bertz CT molecular complexity index is 793. The molecule has 2 aromatic heterocycles. The van der Waals surface area contributed by atoms with Gasteiger partial charge in [0.15, 0.2) is 0 Å². The van der Waals surface area contributed by atoms with Crippen LogP contribution in [0, 0.1) is 12.8 Å². The zero-order valence-corrected chi connectivity index (χ0v) is 16.2. The number of hydrogen-bond acceptors (Lipinski definition) is 7. The van der Waals surface area contributed by atoms with E-state index in [1.54, 1.807) is 11.3 Å².